The van der Waals surface area contributed by atoms with Gasteiger partial charge in [0, 0.05) is 37.8 Å². The first-order chi connectivity index (χ1) is 13.2. The van der Waals surface area contributed by atoms with Crippen LogP contribution in [-0.4, -0.2) is 30.0 Å². The summed E-state index contributed by atoms with van der Waals surface area (Å²) in [4.78, 5) is 19.7. The molecule has 2 aliphatic carbocycles. The predicted molar refractivity (Wildman–Crippen MR) is 123 cm³/mol. The fourth-order valence-corrected chi connectivity index (χ4v) is 5.34. The van der Waals surface area contributed by atoms with E-state index in [1.165, 1.54) is 44.9 Å². The van der Waals surface area contributed by atoms with Crippen LogP contribution < -0.4 is 16.0 Å². The topological polar surface area (TPSA) is 71.2 Å². The zero-order valence-corrected chi connectivity index (χ0v) is 18.9. The molecule has 1 aromatic heterocycles. The number of anilines is 1. The van der Waals surface area contributed by atoms with Crippen molar-refractivity contribution in [1.29, 1.82) is 0 Å². The van der Waals surface area contributed by atoms with Crippen LogP contribution in [0.5, 0.6) is 0 Å². The molecule has 0 aromatic carbocycles. The van der Waals surface area contributed by atoms with E-state index in [2.05, 4.69) is 27.3 Å². The maximum absolute atomic E-state index is 12.7. The van der Waals surface area contributed by atoms with E-state index in [0.717, 1.165) is 37.3 Å². The van der Waals surface area contributed by atoms with E-state index >= 15 is 0 Å². The summed E-state index contributed by atoms with van der Waals surface area (Å²) in [5.74, 6) is 2.51. The van der Waals surface area contributed by atoms with Gasteiger partial charge in [-0.2, -0.15) is 0 Å². The third-order valence-electron chi connectivity index (χ3n) is 6.99. The van der Waals surface area contributed by atoms with Gasteiger partial charge < -0.3 is 16.0 Å². The van der Waals surface area contributed by atoms with Gasteiger partial charge in [0.15, 0.2) is 0 Å². The Labute approximate surface area is 187 Å². The van der Waals surface area contributed by atoms with Crippen LogP contribution in [0.4, 0.5) is 5.82 Å². The minimum Gasteiger partial charge on any atom is -0.357 e. The van der Waals surface area contributed by atoms with Gasteiger partial charge in [-0.05, 0) is 62.0 Å². The zero-order valence-electron chi connectivity index (χ0n) is 17.2. The molecule has 4 rings (SSSR count). The van der Waals surface area contributed by atoms with Gasteiger partial charge in [0.05, 0.1) is 0 Å². The summed E-state index contributed by atoms with van der Waals surface area (Å²) in [6, 6.07) is 4.54. The van der Waals surface area contributed by atoms with Crippen molar-refractivity contribution in [3.8, 4) is 0 Å². The monoisotopic (exact) mass is 442 g/mol. The van der Waals surface area contributed by atoms with Crippen molar-refractivity contribution in [2.75, 3.05) is 18.0 Å². The molecule has 3 aliphatic rings. The van der Waals surface area contributed by atoms with Crippen LogP contribution in [0.2, 0.25) is 0 Å². The first-order valence-electron chi connectivity index (χ1n) is 10.9. The minimum absolute atomic E-state index is 0. The lowest BCUT2D eigenvalue weighted by atomic mass is 9.65. The number of carbonyl (C=O) groups is 1. The van der Waals surface area contributed by atoms with Gasteiger partial charge in [0.2, 0.25) is 5.91 Å². The molecule has 29 heavy (non-hydrogen) atoms. The first-order valence-corrected chi connectivity index (χ1v) is 10.9. The fourth-order valence-electron chi connectivity index (χ4n) is 5.34. The van der Waals surface area contributed by atoms with Crippen molar-refractivity contribution >= 4 is 36.5 Å². The van der Waals surface area contributed by atoms with Gasteiger partial charge in [-0.15, -0.1) is 24.8 Å². The Balaban J connectivity index is 0.00000150. The average Bonchev–Trinajstić information content (AvgIpc) is 2.96. The number of nitrogens with zero attached hydrogens (tertiary/aromatic N) is 2. The maximum atomic E-state index is 12.7. The summed E-state index contributed by atoms with van der Waals surface area (Å²) in [6.07, 6.45) is 12.7. The second kappa shape index (κ2) is 11.4. The van der Waals surface area contributed by atoms with E-state index < -0.39 is 0 Å². The third kappa shape index (κ3) is 5.99. The summed E-state index contributed by atoms with van der Waals surface area (Å²) in [5.41, 5.74) is 7.43. The molecule has 2 atom stereocenters. The normalized spacial score (nSPS) is 29.1. The number of amides is 1. The highest BCUT2D eigenvalue weighted by atomic mass is 35.5. The second-order valence-electron chi connectivity index (χ2n) is 8.84. The molecule has 7 heteroatoms. The molecule has 5 nitrogen and oxygen atoms in total. The van der Waals surface area contributed by atoms with Gasteiger partial charge in [-0.1, -0.05) is 25.3 Å². The van der Waals surface area contributed by atoms with Crippen molar-refractivity contribution in [1.82, 2.24) is 10.3 Å². The fraction of sp³-hybridized carbons (Fsp3) is 0.727. The number of carbonyl (C=O) groups excluding carboxylic acids is 1. The summed E-state index contributed by atoms with van der Waals surface area (Å²) < 4.78 is 0. The smallest absolute Gasteiger partial charge is 0.223 e. The van der Waals surface area contributed by atoms with Crippen LogP contribution in [0.15, 0.2) is 18.3 Å². The van der Waals surface area contributed by atoms with Crippen LogP contribution in [0.1, 0.15) is 63.4 Å². The molecule has 1 aromatic rings. The highest BCUT2D eigenvalue weighted by molar-refractivity contribution is 5.85. The number of nitrogens with one attached hydrogen (secondary N) is 1. The summed E-state index contributed by atoms with van der Waals surface area (Å²) >= 11 is 0. The van der Waals surface area contributed by atoms with Gasteiger partial charge >= 0.3 is 0 Å². The number of aromatic nitrogens is 1. The number of hydrogen-bond acceptors (Lipinski definition) is 4. The lowest BCUT2D eigenvalue weighted by Crippen LogP contribution is -2.49. The molecule has 2 saturated carbocycles. The Hall–Kier alpha value is -1.04. The molecule has 164 valence electrons. The van der Waals surface area contributed by atoms with Crippen LogP contribution in [0.3, 0.4) is 0 Å². The highest BCUT2D eigenvalue weighted by Crippen LogP contribution is 2.41. The van der Waals surface area contributed by atoms with E-state index in [1.807, 2.05) is 6.20 Å². The van der Waals surface area contributed by atoms with E-state index in [-0.39, 0.29) is 36.6 Å². The Bertz CT molecular complexity index is 620. The SMILES string of the molecule is Cl.Cl.NC1C2CCCC1CC(C(=O)NCc1ccc(N3CCCCCC3)nc1)C2. The number of hydrogen-bond donors (Lipinski definition) is 2. The van der Waals surface area contributed by atoms with Crippen molar-refractivity contribution in [3.63, 3.8) is 0 Å². The van der Waals surface area contributed by atoms with E-state index in [4.69, 9.17) is 5.73 Å². The van der Waals surface area contributed by atoms with E-state index in [9.17, 15) is 4.79 Å². The zero-order chi connectivity index (χ0) is 18.6. The van der Waals surface area contributed by atoms with Crippen LogP contribution >= 0.6 is 24.8 Å². The standard InChI is InChI=1S/C22H34N4O.2ClH/c23-21-17-6-5-7-18(21)13-19(12-17)22(27)25-15-16-8-9-20(24-14-16)26-10-3-1-2-4-11-26;;/h8-9,14,17-19,21H,1-7,10-13,15,23H2,(H,25,27);2*1H. The summed E-state index contributed by atoms with van der Waals surface area (Å²) in [6.45, 7) is 2.79. The molecule has 1 saturated heterocycles. The van der Waals surface area contributed by atoms with Crippen LogP contribution in [0.25, 0.3) is 0 Å². The van der Waals surface area contributed by atoms with E-state index in [0.29, 0.717) is 24.4 Å². The Morgan fingerprint density at radius 3 is 2.28 bits per heavy atom. The molecule has 2 bridgehead atoms. The maximum Gasteiger partial charge on any atom is 0.223 e. The van der Waals surface area contributed by atoms with Gasteiger partial charge in [0.1, 0.15) is 5.82 Å². The van der Waals surface area contributed by atoms with E-state index in [1.54, 1.807) is 0 Å². The van der Waals surface area contributed by atoms with Crippen molar-refractivity contribution < 1.29 is 4.79 Å². The molecule has 3 fully saturated rings. The van der Waals surface area contributed by atoms with Crippen molar-refractivity contribution in [2.45, 2.75) is 70.4 Å². The van der Waals surface area contributed by atoms with Gasteiger partial charge in [-0.3, -0.25) is 4.79 Å². The lowest BCUT2D eigenvalue weighted by molar-refractivity contribution is -0.128. The number of pyridine rings is 1. The second-order valence-corrected chi connectivity index (χ2v) is 8.84. The molecule has 0 radical (unpaired) electrons. The number of halogens is 2. The molecule has 2 heterocycles. The Morgan fingerprint density at radius 2 is 1.69 bits per heavy atom. The number of nitrogens with two attached hydrogens (primary N) is 1. The molecule has 1 aliphatic heterocycles. The van der Waals surface area contributed by atoms with Crippen molar-refractivity contribution in [3.05, 3.63) is 23.9 Å². The largest absolute Gasteiger partial charge is 0.357 e. The van der Waals surface area contributed by atoms with Gasteiger partial charge in [0.25, 0.3) is 0 Å². The number of fused-ring (bicyclic) bond motifs is 2. The van der Waals surface area contributed by atoms with Crippen molar-refractivity contribution in [2.24, 2.45) is 23.5 Å². The average molecular weight is 443 g/mol. The lowest BCUT2D eigenvalue weighted by Gasteiger charge is -2.43. The predicted octanol–water partition coefficient (Wildman–Crippen LogP) is 4.08. The molecule has 2 unspecified atom stereocenters. The third-order valence-corrected chi connectivity index (χ3v) is 6.99. The number of rotatable bonds is 4. The highest BCUT2D eigenvalue weighted by Gasteiger charge is 2.40. The quantitative estimate of drug-likeness (QED) is 0.736. The molecule has 1 amide bonds. The molecular formula is C22H36Cl2N4O. The summed E-state index contributed by atoms with van der Waals surface area (Å²) in [7, 11) is 0. The minimum atomic E-state index is 0. The van der Waals surface area contributed by atoms with Gasteiger partial charge in [-0.25, -0.2) is 4.98 Å². The Kier molecular flexibility index (Phi) is 9.51. The van der Waals surface area contributed by atoms with Crippen LogP contribution in [0, 0.1) is 17.8 Å². The Morgan fingerprint density at radius 1 is 1.03 bits per heavy atom. The molecule has 3 N–H and O–H groups in total. The molecule has 0 spiro atoms. The molecular weight excluding hydrogens is 407 g/mol. The first kappa shape index (κ1) is 24.2. The van der Waals surface area contributed by atoms with Crippen LogP contribution in [-0.2, 0) is 11.3 Å². The summed E-state index contributed by atoms with van der Waals surface area (Å²) in [5, 5.41) is 3.15.